The lowest BCUT2D eigenvalue weighted by atomic mass is 10.1. The topological polar surface area (TPSA) is 58.6 Å². The van der Waals surface area contributed by atoms with E-state index in [4.69, 9.17) is 0 Å². The van der Waals surface area contributed by atoms with Gasteiger partial charge in [-0.3, -0.25) is 4.98 Å². The highest BCUT2D eigenvalue weighted by Crippen LogP contribution is 2.19. The molecule has 1 aromatic heterocycles. The van der Waals surface area contributed by atoms with Gasteiger partial charge in [0.1, 0.15) is 0 Å². The van der Waals surface area contributed by atoms with Crippen LogP contribution in [0.4, 0.5) is 0 Å². The van der Waals surface area contributed by atoms with Crippen molar-refractivity contribution in [3.05, 3.63) is 10.5 Å². The zero-order chi connectivity index (χ0) is 21.0. The van der Waals surface area contributed by atoms with E-state index in [1.807, 2.05) is 0 Å². The van der Waals surface area contributed by atoms with Gasteiger partial charge < -0.3 is 0 Å². The van der Waals surface area contributed by atoms with Crippen LogP contribution >= 0.6 is 23.5 Å². The molecule has 29 heavy (non-hydrogen) atoms. The van der Waals surface area contributed by atoms with E-state index in [1.165, 1.54) is 103 Å². The summed E-state index contributed by atoms with van der Waals surface area (Å²) in [5, 5.41) is 1.36. The molecule has 1 rings (SSSR count). The Bertz CT molecular complexity index is 508. The Hall–Kier alpha value is -0.490. The van der Waals surface area contributed by atoms with Crippen LogP contribution in [0.15, 0.2) is 15.1 Å². The number of nitrogens with zero attached hydrogens (tertiary/aromatic N) is 2. The second-order valence-electron chi connectivity index (χ2n) is 7.89. The van der Waals surface area contributed by atoms with Gasteiger partial charge in [-0.1, -0.05) is 127 Å². The Balaban J connectivity index is 2.10. The third-order valence-electron chi connectivity index (χ3n) is 5.07. The summed E-state index contributed by atoms with van der Waals surface area (Å²) in [6.07, 6.45) is 21.1. The highest BCUT2D eigenvalue weighted by molar-refractivity contribution is 7.99. The summed E-state index contributed by atoms with van der Waals surface area (Å²) in [4.78, 5) is 23.1. The minimum absolute atomic E-state index is 0.267. The van der Waals surface area contributed by atoms with Gasteiger partial charge in [-0.25, -0.2) is 4.79 Å². The van der Waals surface area contributed by atoms with Crippen LogP contribution in [0.2, 0.25) is 0 Å². The van der Waals surface area contributed by atoms with Crippen molar-refractivity contribution in [3.63, 3.8) is 0 Å². The normalized spacial score (nSPS) is 11.2. The lowest BCUT2D eigenvalue weighted by molar-refractivity contribution is 0.586. The zero-order valence-electron chi connectivity index (χ0n) is 18.8. The van der Waals surface area contributed by atoms with Crippen molar-refractivity contribution in [2.75, 3.05) is 11.5 Å². The number of unbranched alkanes of at least 4 members (excludes halogenated alkanes) is 14. The summed E-state index contributed by atoms with van der Waals surface area (Å²) in [7, 11) is 0. The third-order valence-corrected chi connectivity index (χ3v) is 6.97. The Kier molecular flexibility index (Phi) is 17.8. The molecule has 0 aliphatic rings. The molecule has 0 atom stereocenters. The molecule has 0 aromatic carbocycles. The molecule has 0 bridgehead atoms. The van der Waals surface area contributed by atoms with Crippen LogP contribution in [-0.2, 0) is 0 Å². The molecule has 0 spiro atoms. The van der Waals surface area contributed by atoms with Gasteiger partial charge in [0.2, 0.25) is 0 Å². The Labute approximate surface area is 187 Å². The molecular formula is C23H43N3OS2. The van der Waals surface area contributed by atoms with E-state index in [1.54, 1.807) is 23.5 Å². The average Bonchev–Trinajstić information content (AvgIpc) is 2.71. The average molecular weight is 442 g/mol. The first-order valence-electron chi connectivity index (χ1n) is 12.0. The first kappa shape index (κ1) is 26.5. The Morgan fingerprint density at radius 3 is 1.59 bits per heavy atom. The van der Waals surface area contributed by atoms with Crippen LogP contribution in [0.25, 0.3) is 0 Å². The first-order chi connectivity index (χ1) is 14.3. The van der Waals surface area contributed by atoms with E-state index in [0.717, 1.165) is 16.7 Å². The van der Waals surface area contributed by atoms with Gasteiger partial charge in [0.05, 0.1) is 0 Å². The van der Waals surface area contributed by atoms with Gasteiger partial charge in [-0.15, -0.1) is 0 Å². The molecule has 1 aromatic rings. The standard InChI is InChI=1S/C23H43N3OS2/c1-3-5-7-9-11-13-15-17-19-28-22-24-21(27)25-23(26-22)29-20-18-16-14-12-10-8-6-4-2/h3-20H2,1-2H3,(H,24,25,26,27). The predicted molar refractivity (Wildman–Crippen MR) is 129 cm³/mol. The molecule has 1 heterocycles. The SMILES string of the molecule is CCCCCCCCCCSc1nc(SCCCCCCCCCC)[nH]c(=O)n1. The lowest BCUT2D eigenvalue weighted by Crippen LogP contribution is -2.14. The maximum Gasteiger partial charge on any atom is 0.349 e. The lowest BCUT2D eigenvalue weighted by Gasteiger charge is -2.04. The van der Waals surface area contributed by atoms with Gasteiger partial charge in [0.15, 0.2) is 10.3 Å². The van der Waals surface area contributed by atoms with Crippen LogP contribution in [0.1, 0.15) is 117 Å². The van der Waals surface area contributed by atoms with E-state index in [2.05, 4.69) is 28.8 Å². The second kappa shape index (κ2) is 19.5. The Morgan fingerprint density at radius 1 is 0.621 bits per heavy atom. The number of hydrogen-bond donors (Lipinski definition) is 1. The number of aromatic amines is 1. The van der Waals surface area contributed by atoms with E-state index < -0.39 is 0 Å². The maximum atomic E-state index is 11.8. The predicted octanol–water partition coefficient (Wildman–Crippen LogP) is 7.63. The van der Waals surface area contributed by atoms with Crippen molar-refractivity contribution >= 4 is 23.5 Å². The summed E-state index contributed by atoms with van der Waals surface area (Å²) in [6.45, 7) is 4.52. The molecular weight excluding hydrogens is 398 g/mol. The van der Waals surface area contributed by atoms with Gasteiger partial charge in [0, 0.05) is 11.5 Å². The van der Waals surface area contributed by atoms with E-state index >= 15 is 0 Å². The fourth-order valence-corrected chi connectivity index (χ4v) is 5.03. The van der Waals surface area contributed by atoms with Gasteiger partial charge in [-0.2, -0.15) is 9.97 Å². The third kappa shape index (κ3) is 15.9. The second-order valence-corrected chi connectivity index (χ2v) is 10.0. The molecule has 0 fully saturated rings. The highest BCUT2D eigenvalue weighted by Gasteiger charge is 2.05. The van der Waals surface area contributed by atoms with Gasteiger partial charge >= 0.3 is 5.69 Å². The van der Waals surface area contributed by atoms with Crippen molar-refractivity contribution < 1.29 is 0 Å². The van der Waals surface area contributed by atoms with Crippen molar-refractivity contribution in [3.8, 4) is 0 Å². The molecule has 0 amide bonds. The molecule has 4 nitrogen and oxygen atoms in total. The largest absolute Gasteiger partial charge is 0.349 e. The molecule has 168 valence electrons. The minimum atomic E-state index is -0.267. The summed E-state index contributed by atoms with van der Waals surface area (Å²) in [5.74, 6) is 2.02. The van der Waals surface area contributed by atoms with E-state index in [9.17, 15) is 4.79 Å². The van der Waals surface area contributed by atoms with Crippen molar-refractivity contribution in [1.82, 2.24) is 15.0 Å². The highest BCUT2D eigenvalue weighted by atomic mass is 32.2. The van der Waals surface area contributed by atoms with Crippen LogP contribution in [0, 0.1) is 0 Å². The van der Waals surface area contributed by atoms with Crippen LogP contribution in [-0.4, -0.2) is 26.5 Å². The maximum absolute atomic E-state index is 11.8. The van der Waals surface area contributed by atoms with Gasteiger partial charge in [-0.05, 0) is 12.8 Å². The van der Waals surface area contributed by atoms with Crippen molar-refractivity contribution in [2.45, 2.75) is 127 Å². The zero-order valence-corrected chi connectivity index (χ0v) is 20.5. The molecule has 0 aliphatic heterocycles. The van der Waals surface area contributed by atoms with Crippen molar-refractivity contribution in [1.29, 1.82) is 0 Å². The van der Waals surface area contributed by atoms with Gasteiger partial charge in [0.25, 0.3) is 0 Å². The smallest absolute Gasteiger partial charge is 0.285 e. The molecule has 0 aliphatic carbocycles. The van der Waals surface area contributed by atoms with Crippen molar-refractivity contribution in [2.24, 2.45) is 0 Å². The number of hydrogen-bond acceptors (Lipinski definition) is 5. The molecule has 0 saturated carbocycles. The molecule has 6 heteroatoms. The first-order valence-corrected chi connectivity index (χ1v) is 14.0. The number of rotatable bonds is 20. The molecule has 1 N–H and O–H groups in total. The van der Waals surface area contributed by atoms with E-state index in [0.29, 0.717) is 5.16 Å². The number of H-pyrrole nitrogens is 1. The number of thioether (sulfide) groups is 2. The summed E-state index contributed by atoms with van der Waals surface area (Å²) >= 11 is 3.28. The minimum Gasteiger partial charge on any atom is -0.285 e. The van der Waals surface area contributed by atoms with Crippen LogP contribution in [0.3, 0.4) is 0 Å². The monoisotopic (exact) mass is 441 g/mol. The summed E-state index contributed by atoms with van der Waals surface area (Å²) in [5.41, 5.74) is -0.267. The number of aromatic nitrogens is 3. The number of nitrogens with one attached hydrogen (secondary N) is 1. The molecule has 0 radical (unpaired) electrons. The van der Waals surface area contributed by atoms with E-state index in [-0.39, 0.29) is 5.69 Å². The quantitative estimate of drug-likeness (QED) is 0.166. The molecule has 0 saturated heterocycles. The fourth-order valence-electron chi connectivity index (χ4n) is 3.28. The van der Waals surface area contributed by atoms with Crippen LogP contribution in [0.5, 0.6) is 0 Å². The summed E-state index contributed by atoms with van der Waals surface area (Å²) < 4.78 is 0. The fraction of sp³-hybridized carbons (Fsp3) is 0.870. The molecule has 0 unspecified atom stereocenters. The summed E-state index contributed by atoms with van der Waals surface area (Å²) in [6, 6.07) is 0. The van der Waals surface area contributed by atoms with Crippen LogP contribution < -0.4 is 5.69 Å². The Morgan fingerprint density at radius 2 is 1.07 bits per heavy atom.